The van der Waals surface area contributed by atoms with Crippen LogP contribution in [0.1, 0.15) is 5.56 Å². The van der Waals surface area contributed by atoms with Crippen molar-refractivity contribution in [1.29, 1.82) is 0 Å². The number of rotatable bonds is 3. The van der Waals surface area contributed by atoms with E-state index in [1.807, 2.05) is 43.3 Å². The number of nitrogens with one attached hydrogen (secondary N) is 1. The van der Waals surface area contributed by atoms with Crippen molar-refractivity contribution in [2.24, 2.45) is 0 Å². The molecular formula is C24H16FNO3. The normalized spacial score (nSPS) is 11.2. The van der Waals surface area contributed by atoms with Crippen LogP contribution in [0, 0.1) is 12.7 Å². The van der Waals surface area contributed by atoms with Gasteiger partial charge in [-0.15, -0.1) is 0 Å². The summed E-state index contributed by atoms with van der Waals surface area (Å²) >= 11 is 0. The van der Waals surface area contributed by atoms with E-state index in [1.165, 1.54) is 12.1 Å². The molecule has 0 saturated carbocycles. The van der Waals surface area contributed by atoms with Crippen LogP contribution in [0.15, 0.2) is 86.4 Å². The quantitative estimate of drug-likeness (QED) is 0.365. The molecule has 0 fully saturated rings. The lowest BCUT2D eigenvalue weighted by Gasteiger charge is -2.09. The van der Waals surface area contributed by atoms with Crippen molar-refractivity contribution >= 4 is 33.5 Å². The monoisotopic (exact) mass is 385 g/mol. The van der Waals surface area contributed by atoms with Gasteiger partial charge in [-0.3, -0.25) is 0 Å². The van der Waals surface area contributed by atoms with Crippen LogP contribution in [0.4, 0.5) is 16.0 Å². The predicted octanol–water partition coefficient (Wildman–Crippen LogP) is 6.40. The van der Waals surface area contributed by atoms with Crippen molar-refractivity contribution in [3.05, 3.63) is 94.6 Å². The number of hydrogen-bond donors (Lipinski definition) is 1. The highest BCUT2D eigenvalue weighted by Crippen LogP contribution is 2.41. The molecule has 2 heterocycles. The Balaban J connectivity index is 1.87. The third-order valence-electron chi connectivity index (χ3n) is 4.95. The molecular weight excluding hydrogens is 369 g/mol. The zero-order chi connectivity index (χ0) is 20.0. The Morgan fingerprint density at radius 3 is 2.52 bits per heavy atom. The third kappa shape index (κ3) is 2.88. The number of fused-ring (bicyclic) bond motifs is 3. The SMILES string of the molecule is Cc1ccccc1Nc1oc2c(c1-c1cccc(F)c1)c(=O)oc1ccccc12. The van der Waals surface area contributed by atoms with Crippen LogP contribution in [0.5, 0.6) is 0 Å². The zero-order valence-electron chi connectivity index (χ0n) is 15.5. The zero-order valence-corrected chi connectivity index (χ0v) is 15.5. The van der Waals surface area contributed by atoms with E-state index >= 15 is 0 Å². The van der Waals surface area contributed by atoms with E-state index in [4.69, 9.17) is 8.83 Å². The first kappa shape index (κ1) is 17.3. The average molecular weight is 385 g/mol. The number of para-hydroxylation sites is 2. The summed E-state index contributed by atoms with van der Waals surface area (Å²) in [5.74, 6) is -0.0348. The van der Waals surface area contributed by atoms with Crippen molar-refractivity contribution in [2.75, 3.05) is 5.32 Å². The Kier molecular flexibility index (Phi) is 3.95. The molecule has 0 aliphatic heterocycles. The van der Waals surface area contributed by atoms with Gasteiger partial charge in [0.2, 0.25) is 5.88 Å². The Bertz CT molecular complexity index is 1430. The summed E-state index contributed by atoms with van der Waals surface area (Å²) in [5, 5.41) is 4.23. The molecule has 1 N–H and O–H groups in total. The minimum absolute atomic E-state index is 0.283. The smallest absolute Gasteiger partial charge is 0.348 e. The van der Waals surface area contributed by atoms with E-state index in [9.17, 15) is 9.18 Å². The van der Waals surface area contributed by atoms with E-state index in [1.54, 1.807) is 24.3 Å². The van der Waals surface area contributed by atoms with Gasteiger partial charge in [-0.1, -0.05) is 42.5 Å². The molecule has 5 heteroatoms. The standard InChI is InChI=1S/C24H16FNO3/c1-14-7-2-4-11-18(14)26-23-20(15-8-6-9-16(25)13-15)21-22(29-23)17-10-3-5-12-19(17)28-24(21)27/h2-13,26H,1H3. The molecule has 2 aromatic heterocycles. The van der Waals surface area contributed by atoms with Crippen LogP contribution >= 0.6 is 0 Å². The first-order chi connectivity index (χ1) is 14.1. The fourth-order valence-corrected chi connectivity index (χ4v) is 3.55. The second-order valence-electron chi connectivity index (χ2n) is 6.85. The molecule has 0 aliphatic carbocycles. The summed E-state index contributed by atoms with van der Waals surface area (Å²) in [6.07, 6.45) is 0. The topological polar surface area (TPSA) is 55.4 Å². The lowest BCUT2D eigenvalue weighted by atomic mass is 10.0. The molecule has 5 aromatic rings. The van der Waals surface area contributed by atoms with Gasteiger partial charge in [0.1, 0.15) is 16.8 Å². The minimum Gasteiger partial charge on any atom is -0.439 e. The van der Waals surface area contributed by atoms with Crippen LogP contribution in [0.25, 0.3) is 33.1 Å². The number of halogens is 1. The van der Waals surface area contributed by atoms with Crippen LogP contribution < -0.4 is 10.9 Å². The van der Waals surface area contributed by atoms with Gasteiger partial charge in [0.25, 0.3) is 0 Å². The number of aryl methyl sites for hydroxylation is 1. The Morgan fingerprint density at radius 2 is 1.69 bits per heavy atom. The molecule has 0 radical (unpaired) electrons. The van der Waals surface area contributed by atoms with E-state index in [-0.39, 0.29) is 5.39 Å². The average Bonchev–Trinajstić information content (AvgIpc) is 3.10. The molecule has 3 aromatic carbocycles. The first-order valence-corrected chi connectivity index (χ1v) is 9.19. The van der Waals surface area contributed by atoms with Crippen LogP contribution in [0.3, 0.4) is 0 Å². The van der Waals surface area contributed by atoms with Gasteiger partial charge in [0, 0.05) is 5.69 Å². The maximum Gasteiger partial charge on any atom is 0.348 e. The van der Waals surface area contributed by atoms with Crippen molar-refractivity contribution in [3.8, 4) is 11.1 Å². The summed E-state index contributed by atoms with van der Waals surface area (Å²) in [6, 6.07) is 21.0. The van der Waals surface area contributed by atoms with Crippen molar-refractivity contribution < 1.29 is 13.2 Å². The lowest BCUT2D eigenvalue weighted by Crippen LogP contribution is -2.00. The highest BCUT2D eigenvalue weighted by Gasteiger charge is 2.23. The predicted molar refractivity (Wildman–Crippen MR) is 112 cm³/mol. The molecule has 0 atom stereocenters. The maximum absolute atomic E-state index is 14.0. The summed E-state index contributed by atoms with van der Waals surface area (Å²) in [5.41, 5.74) is 3.16. The highest BCUT2D eigenvalue weighted by atomic mass is 19.1. The summed E-state index contributed by atoms with van der Waals surface area (Å²) in [6.45, 7) is 1.97. The molecule has 0 spiro atoms. The maximum atomic E-state index is 14.0. The Labute approximate surface area is 165 Å². The minimum atomic E-state index is -0.528. The third-order valence-corrected chi connectivity index (χ3v) is 4.95. The molecule has 0 bridgehead atoms. The van der Waals surface area contributed by atoms with E-state index < -0.39 is 11.4 Å². The van der Waals surface area contributed by atoms with E-state index in [0.717, 1.165) is 11.3 Å². The molecule has 0 amide bonds. The van der Waals surface area contributed by atoms with Crippen molar-refractivity contribution in [1.82, 2.24) is 0 Å². The molecule has 142 valence electrons. The number of hydrogen-bond acceptors (Lipinski definition) is 4. The van der Waals surface area contributed by atoms with Crippen molar-refractivity contribution in [3.63, 3.8) is 0 Å². The van der Waals surface area contributed by atoms with Crippen molar-refractivity contribution in [2.45, 2.75) is 6.92 Å². The summed E-state index contributed by atoms with van der Waals surface area (Å²) in [4.78, 5) is 12.9. The van der Waals surface area contributed by atoms with Crippen LogP contribution in [-0.4, -0.2) is 0 Å². The van der Waals surface area contributed by atoms with Gasteiger partial charge in [-0.2, -0.15) is 0 Å². The number of furan rings is 1. The number of benzene rings is 3. The fourth-order valence-electron chi connectivity index (χ4n) is 3.55. The van der Waals surface area contributed by atoms with Gasteiger partial charge in [-0.05, 0) is 48.4 Å². The largest absolute Gasteiger partial charge is 0.439 e. The molecule has 4 nitrogen and oxygen atoms in total. The second kappa shape index (κ2) is 6.63. The van der Waals surface area contributed by atoms with Gasteiger partial charge in [-0.25, -0.2) is 9.18 Å². The van der Waals surface area contributed by atoms with Gasteiger partial charge in [0.15, 0.2) is 5.58 Å². The number of anilines is 2. The first-order valence-electron chi connectivity index (χ1n) is 9.19. The van der Waals surface area contributed by atoms with Crippen LogP contribution in [0.2, 0.25) is 0 Å². The second-order valence-corrected chi connectivity index (χ2v) is 6.85. The van der Waals surface area contributed by atoms with E-state index in [2.05, 4.69) is 5.32 Å². The summed E-state index contributed by atoms with van der Waals surface area (Å²) in [7, 11) is 0. The van der Waals surface area contributed by atoms with Gasteiger partial charge in [0.05, 0.1) is 10.9 Å². The van der Waals surface area contributed by atoms with Gasteiger partial charge < -0.3 is 14.2 Å². The molecule has 5 rings (SSSR count). The molecule has 0 aliphatic rings. The van der Waals surface area contributed by atoms with Crippen LogP contribution in [-0.2, 0) is 0 Å². The highest BCUT2D eigenvalue weighted by molar-refractivity contribution is 6.10. The summed E-state index contributed by atoms with van der Waals surface area (Å²) < 4.78 is 25.7. The van der Waals surface area contributed by atoms with Gasteiger partial charge >= 0.3 is 5.63 Å². The lowest BCUT2D eigenvalue weighted by molar-refractivity contribution is 0.566. The Hall–Kier alpha value is -3.86. The fraction of sp³-hybridized carbons (Fsp3) is 0.0417. The Morgan fingerprint density at radius 1 is 0.897 bits per heavy atom. The molecule has 0 unspecified atom stereocenters. The van der Waals surface area contributed by atoms with E-state index in [0.29, 0.717) is 33.6 Å². The molecule has 0 saturated heterocycles. The molecule has 29 heavy (non-hydrogen) atoms.